The Kier molecular flexibility index (Phi) is 45.1. The van der Waals surface area contributed by atoms with Crippen LogP contribution in [0.4, 0.5) is 0 Å². The van der Waals surface area contributed by atoms with Gasteiger partial charge in [-0.15, -0.1) is 0 Å². The predicted octanol–water partition coefficient (Wildman–Crippen LogP) is 15.8. The molecule has 6 nitrogen and oxygen atoms in total. The lowest BCUT2D eigenvalue weighted by Crippen LogP contribution is -2.30. The van der Waals surface area contributed by atoms with Crippen molar-refractivity contribution in [2.24, 2.45) is 0 Å². The molecule has 0 aliphatic rings. The fraction of sp³-hybridized carbons (Fsp3) is 0.648. The van der Waals surface area contributed by atoms with Gasteiger partial charge in [0.05, 0.1) is 0 Å². The van der Waals surface area contributed by atoms with E-state index in [1.165, 1.54) is 44.9 Å². The summed E-state index contributed by atoms with van der Waals surface area (Å²) in [6.45, 7) is 6.32. The third-order valence-electron chi connectivity index (χ3n) is 9.83. The molecule has 0 saturated carbocycles. The van der Waals surface area contributed by atoms with Gasteiger partial charge in [0.2, 0.25) is 0 Å². The van der Waals surface area contributed by atoms with Crippen LogP contribution in [0.2, 0.25) is 0 Å². The molecule has 0 aromatic rings. The Morgan fingerprint density at radius 2 is 0.667 bits per heavy atom. The van der Waals surface area contributed by atoms with E-state index in [0.717, 1.165) is 116 Å². The number of carbonyl (C=O) groups is 3. The summed E-state index contributed by atoms with van der Waals surface area (Å²) in [6, 6.07) is 0. The monoisotopic (exact) mass is 833 g/mol. The molecule has 0 heterocycles. The molecule has 6 heteroatoms. The van der Waals surface area contributed by atoms with E-state index in [1.807, 2.05) is 0 Å². The Morgan fingerprint density at radius 1 is 0.350 bits per heavy atom. The van der Waals surface area contributed by atoms with E-state index in [0.29, 0.717) is 19.3 Å². The Balaban J connectivity index is 4.50. The maximum atomic E-state index is 12.8. The number of hydrogen-bond acceptors (Lipinski definition) is 6. The van der Waals surface area contributed by atoms with E-state index in [1.54, 1.807) is 0 Å². The van der Waals surface area contributed by atoms with Crippen molar-refractivity contribution in [1.29, 1.82) is 0 Å². The summed E-state index contributed by atoms with van der Waals surface area (Å²) < 4.78 is 16.7. The van der Waals surface area contributed by atoms with Crippen LogP contribution in [-0.4, -0.2) is 37.2 Å². The second-order valence-corrected chi connectivity index (χ2v) is 15.6. The molecule has 0 bridgehead atoms. The van der Waals surface area contributed by atoms with Crippen molar-refractivity contribution in [1.82, 2.24) is 0 Å². The summed E-state index contributed by atoms with van der Waals surface area (Å²) in [5.41, 5.74) is 0. The van der Waals surface area contributed by atoms with Gasteiger partial charge < -0.3 is 14.2 Å². The molecule has 0 aromatic heterocycles. The first kappa shape index (κ1) is 56.3. The molecule has 0 radical (unpaired) electrons. The largest absolute Gasteiger partial charge is 0.462 e. The number of unbranched alkanes of at least 4 members (excludes halogenated alkanes) is 15. The van der Waals surface area contributed by atoms with Gasteiger partial charge in [0.1, 0.15) is 13.2 Å². The maximum Gasteiger partial charge on any atom is 0.306 e. The topological polar surface area (TPSA) is 78.9 Å². The molecule has 0 aromatic carbocycles. The summed E-state index contributed by atoms with van der Waals surface area (Å²) in [6.07, 6.45) is 62.5. The van der Waals surface area contributed by atoms with Gasteiger partial charge in [0, 0.05) is 19.3 Å². The molecular formula is C54H88O6. The number of ether oxygens (including phenoxy) is 3. The van der Waals surface area contributed by atoms with Gasteiger partial charge in [-0.05, 0) is 89.9 Å². The van der Waals surface area contributed by atoms with Gasteiger partial charge in [0.15, 0.2) is 6.10 Å². The molecule has 0 aliphatic heterocycles. The summed E-state index contributed by atoms with van der Waals surface area (Å²) in [5.74, 6) is -0.988. The van der Waals surface area contributed by atoms with Gasteiger partial charge in [-0.25, -0.2) is 0 Å². The van der Waals surface area contributed by atoms with Crippen LogP contribution >= 0.6 is 0 Å². The highest BCUT2D eigenvalue weighted by atomic mass is 16.6. The zero-order valence-electron chi connectivity index (χ0n) is 38.7. The molecule has 0 rings (SSSR count). The van der Waals surface area contributed by atoms with Crippen LogP contribution in [0.3, 0.4) is 0 Å². The summed E-state index contributed by atoms with van der Waals surface area (Å²) in [5, 5.41) is 0. The molecule has 0 unspecified atom stereocenters. The van der Waals surface area contributed by atoms with E-state index in [-0.39, 0.29) is 37.5 Å². The van der Waals surface area contributed by atoms with Crippen LogP contribution < -0.4 is 0 Å². The van der Waals surface area contributed by atoms with E-state index in [2.05, 4.69) is 118 Å². The highest BCUT2D eigenvalue weighted by Crippen LogP contribution is 2.13. The molecular weight excluding hydrogens is 745 g/mol. The van der Waals surface area contributed by atoms with E-state index in [4.69, 9.17) is 14.2 Å². The average Bonchev–Trinajstić information content (AvgIpc) is 3.24. The minimum atomic E-state index is -0.807. The van der Waals surface area contributed by atoms with Gasteiger partial charge in [-0.1, -0.05) is 195 Å². The first-order chi connectivity index (χ1) is 29.5. The van der Waals surface area contributed by atoms with Crippen molar-refractivity contribution in [3.8, 4) is 0 Å². The van der Waals surface area contributed by atoms with Crippen molar-refractivity contribution in [3.05, 3.63) is 97.2 Å². The van der Waals surface area contributed by atoms with Crippen LogP contribution in [0.1, 0.15) is 207 Å². The zero-order chi connectivity index (χ0) is 43.7. The molecule has 0 amide bonds. The quantitative estimate of drug-likeness (QED) is 0.0264. The number of allylic oxidation sites excluding steroid dienone is 16. The van der Waals surface area contributed by atoms with E-state index in [9.17, 15) is 14.4 Å². The minimum Gasteiger partial charge on any atom is -0.462 e. The SMILES string of the molecule is CC/C=C\C/C=C\C/C=C\C/C=C\C/C=C\CCCC(=O)OC[C@@H](COC(=O)CCCCCCCCCCCC)OC(=O)CCCCCCC/C=C\C/C=C\C/C=C\CC. The molecule has 60 heavy (non-hydrogen) atoms. The molecule has 0 saturated heterocycles. The van der Waals surface area contributed by atoms with Crippen molar-refractivity contribution in [3.63, 3.8) is 0 Å². The lowest BCUT2D eigenvalue weighted by atomic mass is 10.1. The molecule has 0 fully saturated rings. The Morgan fingerprint density at radius 3 is 1.08 bits per heavy atom. The first-order valence-corrected chi connectivity index (χ1v) is 24.2. The third-order valence-corrected chi connectivity index (χ3v) is 9.83. The van der Waals surface area contributed by atoms with Crippen LogP contribution in [0.15, 0.2) is 97.2 Å². The zero-order valence-corrected chi connectivity index (χ0v) is 38.7. The number of carbonyl (C=O) groups excluding carboxylic acids is 3. The number of esters is 3. The summed E-state index contributed by atoms with van der Waals surface area (Å²) >= 11 is 0. The molecule has 1 atom stereocenters. The lowest BCUT2D eigenvalue weighted by Gasteiger charge is -2.18. The van der Waals surface area contributed by atoms with Crippen molar-refractivity contribution >= 4 is 17.9 Å². The van der Waals surface area contributed by atoms with Gasteiger partial charge in [-0.3, -0.25) is 14.4 Å². The number of hydrogen-bond donors (Lipinski definition) is 0. The fourth-order valence-electron chi connectivity index (χ4n) is 6.26. The Labute approximate surface area is 368 Å². The second kappa shape index (κ2) is 48.0. The van der Waals surface area contributed by atoms with Crippen molar-refractivity contribution < 1.29 is 28.6 Å². The highest BCUT2D eigenvalue weighted by molar-refractivity contribution is 5.71. The third kappa shape index (κ3) is 45.4. The number of rotatable bonds is 42. The highest BCUT2D eigenvalue weighted by Gasteiger charge is 2.19. The minimum absolute atomic E-state index is 0.102. The maximum absolute atomic E-state index is 12.8. The van der Waals surface area contributed by atoms with Crippen LogP contribution in [0, 0.1) is 0 Å². The van der Waals surface area contributed by atoms with Crippen LogP contribution in [0.25, 0.3) is 0 Å². The molecule has 0 N–H and O–H groups in total. The van der Waals surface area contributed by atoms with Crippen LogP contribution in [0.5, 0.6) is 0 Å². The Bertz CT molecular complexity index is 1230. The standard InChI is InChI=1S/C54H88O6/c1-4-7-10-13-16-19-22-24-26-27-29-30-32-35-38-41-44-47-53(56)59-50-51(49-58-52(55)46-43-40-37-34-21-18-15-12-9-6-3)60-54(57)48-45-42-39-36-33-31-28-25-23-20-17-14-11-8-5-2/h7-8,10-11,16-17,19-20,24-26,28-30,35,38,51H,4-6,9,12-15,18,21-23,27,31-34,36-37,39-50H2,1-3H3/b10-7-,11-8-,19-16-,20-17-,26-24-,28-25-,30-29-,38-35-/t51-/m1/s1. The predicted molar refractivity (Wildman–Crippen MR) is 256 cm³/mol. The van der Waals surface area contributed by atoms with Gasteiger partial charge >= 0.3 is 17.9 Å². The van der Waals surface area contributed by atoms with Crippen molar-refractivity contribution in [2.75, 3.05) is 13.2 Å². The van der Waals surface area contributed by atoms with Gasteiger partial charge in [-0.2, -0.15) is 0 Å². The fourth-order valence-corrected chi connectivity index (χ4v) is 6.26. The molecule has 0 spiro atoms. The van der Waals surface area contributed by atoms with E-state index < -0.39 is 6.10 Å². The normalized spacial score (nSPS) is 12.9. The Hall–Kier alpha value is -3.67. The summed E-state index contributed by atoms with van der Waals surface area (Å²) in [4.78, 5) is 37.8. The smallest absolute Gasteiger partial charge is 0.306 e. The van der Waals surface area contributed by atoms with Crippen molar-refractivity contribution in [2.45, 2.75) is 213 Å². The molecule has 340 valence electrons. The van der Waals surface area contributed by atoms with Gasteiger partial charge in [0.25, 0.3) is 0 Å². The summed E-state index contributed by atoms with van der Waals surface area (Å²) in [7, 11) is 0. The lowest BCUT2D eigenvalue weighted by molar-refractivity contribution is -0.167. The first-order valence-electron chi connectivity index (χ1n) is 24.2. The van der Waals surface area contributed by atoms with E-state index >= 15 is 0 Å². The molecule has 0 aliphatic carbocycles. The average molecular weight is 833 g/mol. The van der Waals surface area contributed by atoms with Crippen LogP contribution in [-0.2, 0) is 28.6 Å². The second-order valence-electron chi connectivity index (χ2n) is 15.6.